The van der Waals surface area contributed by atoms with E-state index >= 15 is 0 Å². The van der Waals surface area contributed by atoms with E-state index in [1.807, 2.05) is 17.7 Å². The highest BCUT2D eigenvalue weighted by Gasteiger charge is 2.09. The summed E-state index contributed by atoms with van der Waals surface area (Å²) >= 11 is 0. The van der Waals surface area contributed by atoms with Crippen LogP contribution in [-0.2, 0) is 6.54 Å². The van der Waals surface area contributed by atoms with Crippen LogP contribution in [0.3, 0.4) is 0 Å². The molecule has 0 aliphatic heterocycles. The van der Waals surface area contributed by atoms with Gasteiger partial charge in [-0.25, -0.2) is 14.6 Å². The Hall–Kier alpha value is -2.43. The molecule has 5 heteroatoms. The van der Waals surface area contributed by atoms with Gasteiger partial charge in [-0.05, 0) is 19.4 Å². The highest BCUT2D eigenvalue weighted by Crippen LogP contribution is 2.18. The Balaban J connectivity index is 2.06. The first-order chi connectivity index (χ1) is 9.13. The predicted molar refractivity (Wildman–Crippen MR) is 74.8 cm³/mol. The normalized spacial score (nSPS) is 11.1. The average Bonchev–Trinajstić information content (AvgIpc) is 2.73. The lowest BCUT2D eigenvalue weighted by Gasteiger charge is -2.05. The Bertz CT molecular complexity index is 745. The summed E-state index contributed by atoms with van der Waals surface area (Å²) in [6, 6.07) is 8.35. The predicted octanol–water partition coefficient (Wildman–Crippen LogP) is 2.07. The van der Waals surface area contributed by atoms with Crippen LogP contribution in [0.5, 0.6) is 0 Å². The fraction of sp³-hybridized carbons (Fsp3) is 0.214. The van der Waals surface area contributed by atoms with Gasteiger partial charge in [0.05, 0.1) is 18.1 Å². The first kappa shape index (κ1) is 11.6. The number of anilines is 1. The Morgan fingerprint density at radius 1 is 1.21 bits per heavy atom. The molecule has 96 valence electrons. The summed E-state index contributed by atoms with van der Waals surface area (Å²) < 4.78 is 1.86. The van der Waals surface area contributed by atoms with Gasteiger partial charge in [-0.1, -0.05) is 29.8 Å². The van der Waals surface area contributed by atoms with E-state index in [1.54, 1.807) is 6.20 Å². The van der Waals surface area contributed by atoms with E-state index in [9.17, 15) is 0 Å². The number of aryl methyl sites for hydroxylation is 2. The van der Waals surface area contributed by atoms with Crippen molar-refractivity contribution < 1.29 is 0 Å². The maximum atomic E-state index is 5.88. The van der Waals surface area contributed by atoms with Gasteiger partial charge in [0, 0.05) is 0 Å². The van der Waals surface area contributed by atoms with E-state index in [1.165, 1.54) is 11.1 Å². The maximum absolute atomic E-state index is 5.88. The minimum Gasteiger partial charge on any atom is -0.383 e. The molecule has 0 saturated heterocycles. The number of hydrogen-bond donors (Lipinski definition) is 1. The van der Waals surface area contributed by atoms with Crippen LogP contribution in [0.15, 0.2) is 30.5 Å². The zero-order valence-electron chi connectivity index (χ0n) is 11.0. The van der Waals surface area contributed by atoms with Crippen LogP contribution in [0.1, 0.15) is 17.0 Å². The molecule has 3 rings (SSSR count). The molecule has 2 aromatic heterocycles. The van der Waals surface area contributed by atoms with E-state index in [-0.39, 0.29) is 0 Å². The zero-order chi connectivity index (χ0) is 13.4. The van der Waals surface area contributed by atoms with E-state index in [0.29, 0.717) is 18.2 Å². The van der Waals surface area contributed by atoms with Crippen LogP contribution in [-0.4, -0.2) is 19.7 Å². The monoisotopic (exact) mass is 253 g/mol. The molecule has 0 unspecified atom stereocenters. The van der Waals surface area contributed by atoms with Gasteiger partial charge in [0.25, 0.3) is 0 Å². The lowest BCUT2D eigenvalue weighted by molar-refractivity contribution is 0.702. The standard InChI is InChI=1S/C14H15N5/c1-9-4-3-5-11(6-9)8-19-14-12(7-16-19)13(15)17-10(2)18-14/h3-7H,8H2,1-2H3,(H2,15,17,18). The van der Waals surface area contributed by atoms with Gasteiger partial charge in [-0.3, -0.25) is 0 Å². The smallest absolute Gasteiger partial charge is 0.163 e. The van der Waals surface area contributed by atoms with Crippen molar-refractivity contribution in [3.63, 3.8) is 0 Å². The first-order valence-corrected chi connectivity index (χ1v) is 6.14. The SMILES string of the molecule is Cc1cccc(Cn2ncc3c(N)nc(C)nc32)c1. The minimum absolute atomic E-state index is 0.484. The van der Waals surface area contributed by atoms with E-state index < -0.39 is 0 Å². The van der Waals surface area contributed by atoms with Crippen molar-refractivity contribution in [3.05, 3.63) is 47.4 Å². The topological polar surface area (TPSA) is 69.6 Å². The number of fused-ring (bicyclic) bond motifs is 1. The molecule has 0 bridgehead atoms. The van der Waals surface area contributed by atoms with Crippen molar-refractivity contribution in [2.75, 3.05) is 5.73 Å². The third-order valence-electron chi connectivity index (χ3n) is 3.05. The lowest BCUT2D eigenvalue weighted by atomic mass is 10.1. The molecule has 0 aliphatic rings. The second kappa shape index (κ2) is 4.35. The van der Waals surface area contributed by atoms with Crippen LogP contribution >= 0.6 is 0 Å². The molecule has 0 atom stereocenters. The molecule has 0 radical (unpaired) electrons. The van der Waals surface area contributed by atoms with Gasteiger partial charge in [0.1, 0.15) is 11.6 Å². The maximum Gasteiger partial charge on any atom is 0.163 e. The van der Waals surface area contributed by atoms with Gasteiger partial charge < -0.3 is 5.73 Å². The van der Waals surface area contributed by atoms with E-state index in [2.05, 4.69) is 40.2 Å². The van der Waals surface area contributed by atoms with Crippen molar-refractivity contribution in [1.82, 2.24) is 19.7 Å². The molecule has 1 aromatic carbocycles. The molecule has 0 saturated carbocycles. The molecule has 0 fully saturated rings. The van der Waals surface area contributed by atoms with Gasteiger partial charge >= 0.3 is 0 Å². The number of aromatic nitrogens is 4. The summed E-state index contributed by atoms with van der Waals surface area (Å²) in [5, 5.41) is 5.16. The van der Waals surface area contributed by atoms with Crippen LogP contribution < -0.4 is 5.73 Å². The number of benzene rings is 1. The van der Waals surface area contributed by atoms with Crippen molar-refractivity contribution in [3.8, 4) is 0 Å². The van der Waals surface area contributed by atoms with Gasteiger partial charge in [-0.15, -0.1) is 0 Å². The minimum atomic E-state index is 0.484. The Labute approximate surface area is 111 Å². The summed E-state index contributed by atoms with van der Waals surface area (Å²) in [6.45, 7) is 4.59. The quantitative estimate of drug-likeness (QED) is 0.759. The van der Waals surface area contributed by atoms with Crippen molar-refractivity contribution in [1.29, 1.82) is 0 Å². The molecule has 3 aromatic rings. The van der Waals surface area contributed by atoms with Gasteiger partial charge in [0.2, 0.25) is 0 Å². The Morgan fingerprint density at radius 3 is 2.84 bits per heavy atom. The summed E-state index contributed by atoms with van der Waals surface area (Å²) in [4.78, 5) is 8.57. The number of rotatable bonds is 2. The second-order valence-corrected chi connectivity index (χ2v) is 4.68. The summed E-state index contributed by atoms with van der Waals surface area (Å²) in [5.74, 6) is 1.15. The molecule has 0 spiro atoms. The molecule has 0 aliphatic carbocycles. The number of hydrogen-bond acceptors (Lipinski definition) is 4. The second-order valence-electron chi connectivity index (χ2n) is 4.68. The van der Waals surface area contributed by atoms with Gasteiger partial charge in [-0.2, -0.15) is 5.10 Å². The van der Waals surface area contributed by atoms with Crippen molar-refractivity contribution in [2.45, 2.75) is 20.4 Å². The summed E-state index contributed by atoms with van der Waals surface area (Å²) in [5.41, 5.74) is 9.10. The molecule has 5 nitrogen and oxygen atoms in total. The molecular weight excluding hydrogens is 238 g/mol. The van der Waals surface area contributed by atoms with E-state index in [4.69, 9.17) is 5.73 Å². The lowest BCUT2D eigenvalue weighted by Crippen LogP contribution is -2.04. The largest absolute Gasteiger partial charge is 0.383 e. The fourth-order valence-electron chi connectivity index (χ4n) is 2.19. The van der Waals surface area contributed by atoms with Crippen LogP contribution in [0, 0.1) is 13.8 Å². The number of nitrogens with zero attached hydrogens (tertiary/aromatic N) is 4. The highest BCUT2D eigenvalue weighted by molar-refractivity contribution is 5.85. The number of nitrogen functional groups attached to an aromatic ring is 1. The average molecular weight is 253 g/mol. The molecule has 2 N–H and O–H groups in total. The van der Waals surface area contributed by atoms with Gasteiger partial charge in [0.15, 0.2) is 5.65 Å². The molecule has 2 heterocycles. The summed E-state index contributed by atoms with van der Waals surface area (Å²) in [6.07, 6.45) is 1.72. The third kappa shape index (κ3) is 2.14. The Kier molecular flexibility index (Phi) is 2.67. The number of nitrogens with two attached hydrogens (primary N) is 1. The van der Waals surface area contributed by atoms with E-state index in [0.717, 1.165) is 11.0 Å². The van der Waals surface area contributed by atoms with Crippen LogP contribution in [0.4, 0.5) is 5.82 Å². The summed E-state index contributed by atoms with van der Waals surface area (Å²) in [7, 11) is 0. The first-order valence-electron chi connectivity index (χ1n) is 6.14. The highest BCUT2D eigenvalue weighted by atomic mass is 15.3. The molecule has 19 heavy (non-hydrogen) atoms. The fourth-order valence-corrected chi connectivity index (χ4v) is 2.19. The van der Waals surface area contributed by atoms with Crippen LogP contribution in [0.2, 0.25) is 0 Å². The molecule has 0 amide bonds. The third-order valence-corrected chi connectivity index (χ3v) is 3.05. The Morgan fingerprint density at radius 2 is 2.05 bits per heavy atom. The zero-order valence-corrected chi connectivity index (χ0v) is 11.0. The van der Waals surface area contributed by atoms with Crippen LogP contribution in [0.25, 0.3) is 11.0 Å². The van der Waals surface area contributed by atoms with Crippen molar-refractivity contribution >= 4 is 16.9 Å². The van der Waals surface area contributed by atoms with Crippen molar-refractivity contribution in [2.24, 2.45) is 0 Å². The molecular formula is C14H15N5.